The van der Waals surface area contributed by atoms with Crippen molar-refractivity contribution < 1.29 is 4.79 Å². The van der Waals surface area contributed by atoms with Crippen LogP contribution in [-0.2, 0) is 4.79 Å². The Hall–Kier alpha value is -0.570. The quantitative estimate of drug-likeness (QED) is 0.754. The van der Waals surface area contributed by atoms with Crippen molar-refractivity contribution in [1.29, 1.82) is 0 Å². The van der Waals surface area contributed by atoms with Crippen molar-refractivity contribution in [3.63, 3.8) is 0 Å². The number of likely N-dealkylation sites (tertiary alicyclic amines) is 1. The monoisotopic (exact) mass is 236 g/mol. The normalized spacial score (nSPS) is 33.9. The summed E-state index contributed by atoms with van der Waals surface area (Å²) in [5, 5.41) is 3.01. The van der Waals surface area contributed by atoms with Crippen LogP contribution in [0.1, 0.15) is 51.4 Å². The first-order valence-corrected chi connectivity index (χ1v) is 7.31. The molecule has 1 atom stereocenters. The second-order valence-corrected chi connectivity index (χ2v) is 6.19. The molecule has 1 N–H and O–H groups in total. The van der Waals surface area contributed by atoms with Crippen LogP contribution in [0.2, 0.25) is 0 Å². The number of hydrogen-bond donors (Lipinski definition) is 1. The van der Waals surface area contributed by atoms with E-state index in [4.69, 9.17) is 0 Å². The van der Waals surface area contributed by atoms with E-state index in [0.29, 0.717) is 5.41 Å². The first-order valence-electron chi connectivity index (χ1n) is 7.31. The molecule has 0 aromatic rings. The van der Waals surface area contributed by atoms with Gasteiger partial charge in [0.15, 0.2) is 0 Å². The zero-order chi connectivity index (χ0) is 11.7. The van der Waals surface area contributed by atoms with Crippen LogP contribution in [0, 0.1) is 5.41 Å². The summed E-state index contributed by atoms with van der Waals surface area (Å²) in [6.45, 7) is 3.18. The van der Waals surface area contributed by atoms with Gasteiger partial charge in [-0.15, -0.1) is 0 Å². The van der Waals surface area contributed by atoms with Crippen molar-refractivity contribution in [3.05, 3.63) is 0 Å². The Kier molecular flexibility index (Phi) is 3.12. The molecule has 0 radical (unpaired) electrons. The van der Waals surface area contributed by atoms with Crippen LogP contribution in [0.25, 0.3) is 0 Å². The smallest absolute Gasteiger partial charge is 0.237 e. The molecule has 0 aromatic carbocycles. The molecule has 0 unspecified atom stereocenters. The molecule has 2 heterocycles. The molecule has 1 amide bonds. The zero-order valence-corrected chi connectivity index (χ0v) is 10.7. The Bertz CT molecular complexity index is 287. The van der Waals surface area contributed by atoms with E-state index in [9.17, 15) is 4.79 Å². The molecule has 2 aliphatic heterocycles. The number of nitrogens with one attached hydrogen (secondary N) is 1. The van der Waals surface area contributed by atoms with Crippen molar-refractivity contribution in [2.24, 2.45) is 5.41 Å². The highest BCUT2D eigenvalue weighted by Gasteiger charge is 2.39. The predicted octanol–water partition coefficient (Wildman–Crippen LogP) is 1.92. The van der Waals surface area contributed by atoms with Gasteiger partial charge in [-0.25, -0.2) is 0 Å². The lowest BCUT2D eigenvalue weighted by Crippen LogP contribution is -2.53. The number of hydrogen-bond acceptors (Lipinski definition) is 2. The maximum absolute atomic E-state index is 11.9. The Balaban J connectivity index is 1.58. The first-order chi connectivity index (χ1) is 8.29. The van der Waals surface area contributed by atoms with Crippen molar-refractivity contribution in [1.82, 2.24) is 10.2 Å². The second kappa shape index (κ2) is 4.60. The van der Waals surface area contributed by atoms with Crippen molar-refractivity contribution in [2.45, 2.75) is 57.4 Å². The van der Waals surface area contributed by atoms with Crippen molar-refractivity contribution in [3.8, 4) is 0 Å². The van der Waals surface area contributed by atoms with Crippen LogP contribution in [-0.4, -0.2) is 36.5 Å². The summed E-state index contributed by atoms with van der Waals surface area (Å²) in [7, 11) is 0. The third-order valence-corrected chi connectivity index (χ3v) is 5.22. The molecule has 3 heteroatoms. The van der Waals surface area contributed by atoms with Gasteiger partial charge >= 0.3 is 0 Å². The van der Waals surface area contributed by atoms with Crippen LogP contribution in [0.4, 0.5) is 0 Å². The van der Waals surface area contributed by atoms with Gasteiger partial charge in [-0.1, -0.05) is 12.8 Å². The second-order valence-electron chi connectivity index (χ2n) is 6.19. The van der Waals surface area contributed by atoms with Crippen LogP contribution < -0.4 is 5.32 Å². The molecule has 3 rings (SSSR count). The molecule has 17 heavy (non-hydrogen) atoms. The Morgan fingerprint density at radius 3 is 2.41 bits per heavy atom. The van der Waals surface area contributed by atoms with Gasteiger partial charge in [-0.05, 0) is 57.0 Å². The molecular formula is C14H24N2O. The average Bonchev–Trinajstić information content (AvgIpc) is 2.80. The summed E-state index contributed by atoms with van der Waals surface area (Å²) >= 11 is 0. The number of piperidine rings is 2. The van der Waals surface area contributed by atoms with Gasteiger partial charge in [0, 0.05) is 6.54 Å². The van der Waals surface area contributed by atoms with Gasteiger partial charge < -0.3 is 5.32 Å². The van der Waals surface area contributed by atoms with Gasteiger partial charge in [0.2, 0.25) is 5.91 Å². The maximum atomic E-state index is 11.9. The summed E-state index contributed by atoms with van der Waals surface area (Å²) in [4.78, 5) is 14.3. The highest BCUT2D eigenvalue weighted by molar-refractivity contribution is 5.82. The third kappa shape index (κ3) is 2.22. The number of amides is 1. The number of carbonyl (C=O) groups is 1. The summed E-state index contributed by atoms with van der Waals surface area (Å²) < 4.78 is 0. The zero-order valence-electron chi connectivity index (χ0n) is 10.7. The fourth-order valence-corrected chi connectivity index (χ4v) is 4.04. The molecule has 0 bridgehead atoms. The standard InChI is InChI=1S/C14H24N2O/c17-13-12(4-3-9-15-13)16-10-7-14(8-11-16)5-1-2-6-14/h12H,1-11H2,(H,15,17)/t12-/m0/s1. The van der Waals surface area contributed by atoms with Gasteiger partial charge in [-0.3, -0.25) is 9.69 Å². The summed E-state index contributed by atoms with van der Waals surface area (Å²) in [5.74, 6) is 0.277. The fraction of sp³-hybridized carbons (Fsp3) is 0.929. The Morgan fingerprint density at radius 1 is 1.06 bits per heavy atom. The SMILES string of the molecule is O=C1NCCC[C@@H]1N1CCC2(CCCC2)CC1. The molecule has 3 nitrogen and oxygen atoms in total. The van der Waals surface area contributed by atoms with E-state index < -0.39 is 0 Å². The molecule has 3 fully saturated rings. The highest BCUT2D eigenvalue weighted by atomic mass is 16.2. The molecule has 0 aromatic heterocycles. The maximum Gasteiger partial charge on any atom is 0.237 e. The summed E-state index contributed by atoms with van der Waals surface area (Å²) in [5.41, 5.74) is 0.668. The van der Waals surface area contributed by atoms with E-state index >= 15 is 0 Å². The van der Waals surface area contributed by atoms with E-state index in [2.05, 4.69) is 10.2 Å². The minimum atomic E-state index is 0.183. The van der Waals surface area contributed by atoms with Crippen molar-refractivity contribution >= 4 is 5.91 Å². The molecule has 96 valence electrons. The third-order valence-electron chi connectivity index (χ3n) is 5.22. The minimum Gasteiger partial charge on any atom is -0.355 e. The number of nitrogens with zero attached hydrogens (tertiary/aromatic N) is 1. The fourth-order valence-electron chi connectivity index (χ4n) is 4.04. The molecule has 3 aliphatic rings. The van der Waals surface area contributed by atoms with Gasteiger partial charge in [0.05, 0.1) is 6.04 Å². The topological polar surface area (TPSA) is 32.3 Å². The van der Waals surface area contributed by atoms with Crippen LogP contribution in [0.3, 0.4) is 0 Å². The Morgan fingerprint density at radius 2 is 1.76 bits per heavy atom. The lowest BCUT2D eigenvalue weighted by atomic mass is 9.76. The Labute approximate surface area is 104 Å². The summed E-state index contributed by atoms with van der Waals surface area (Å²) in [6, 6.07) is 0.183. The van der Waals surface area contributed by atoms with Crippen LogP contribution in [0.5, 0.6) is 0 Å². The first kappa shape index (κ1) is 11.5. The molecule has 1 spiro atoms. The highest BCUT2D eigenvalue weighted by Crippen LogP contribution is 2.46. The predicted molar refractivity (Wildman–Crippen MR) is 67.7 cm³/mol. The molecule has 1 aliphatic carbocycles. The molecule has 1 saturated carbocycles. The molecule has 2 saturated heterocycles. The number of carbonyl (C=O) groups excluding carboxylic acids is 1. The lowest BCUT2D eigenvalue weighted by molar-refractivity contribution is -0.129. The molecular weight excluding hydrogens is 212 g/mol. The lowest BCUT2D eigenvalue weighted by Gasteiger charge is -2.43. The number of rotatable bonds is 1. The van der Waals surface area contributed by atoms with E-state index in [0.717, 1.165) is 32.5 Å². The van der Waals surface area contributed by atoms with Gasteiger partial charge in [0.25, 0.3) is 0 Å². The van der Waals surface area contributed by atoms with Crippen LogP contribution >= 0.6 is 0 Å². The van der Waals surface area contributed by atoms with Gasteiger partial charge in [0.1, 0.15) is 0 Å². The largest absolute Gasteiger partial charge is 0.355 e. The van der Waals surface area contributed by atoms with Crippen LogP contribution in [0.15, 0.2) is 0 Å². The van der Waals surface area contributed by atoms with Gasteiger partial charge in [-0.2, -0.15) is 0 Å². The average molecular weight is 236 g/mol. The van der Waals surface area contributed by atoms with E-state index in [1.807, 2.05) is 0 Å². The summed E-state index contributed by atoms with van der Waals surface area (Å²) in [6.07, 6.45) is 10.6. The van der Waals surface area contributed by atoms with E-state index in [-0.39, 0.29) is 11.9 Å². The minimum absolute atomic E-state index is 0.183. The van der Waals surface area contributed by atoms with Crippen molar-refractivity contribution in [2.75, 3.05) is 19.6 Å². The van der Waals surface area contributed by atoms with E-state index in [1.165, 1.54) is 38.5 Å². The van der Waals surface area contributed by atoms with E-state index in [1.54, 1.807) is 0 Å².